The summed E-state index contributed by atoms with van der Waals surface area (Å²) in [6.07, 6.45) is 9.12. The summed E-state index contributed by atoms with van der Waals surface area (Å²) in [7, 11) is 0. The van der Waals surface area contributed by atoms with Crippen molar-refractivity contribution in [3.63, 3.8) is 0 Å². The van der Waals surface area contributed by atoms with E-state index < -0.39 is 0 Å². The number of nitrogens with zero attached hydrogens (tertiary/aromatic N) is 3. The quantitative estimate of drug-likeness (QED) is 0.128. The predicted molar refractivity (Wildman–Crippen MR) is 292 cm³/mol. The topological polar surface area (TPSA) is 38.7 Å². The Balaban J connectivity index is 0.00000567. The van der Waals surface area contributed by atoms with Gasteiger partial charge in [-0.05, 0) is 110 Å². The largest absolute Gasteiger partial charge is 3.00 e. The van der Waals surface area contributed by atoms with Crippen LogP contribution >= 0.6 is 47.8 Å². The Hall–Kier alpha value is -5.92. The van der Waals surface area contributed by atoms with Crippen LogP contribution in [-0.4, -0.2) is 15.0 Å². The van der Waals surface area contributed by atoms with Crippen LogP contribution in [0.5, 0.6) is 0 Å². The van der Waals surface area contributed by atoms with Crippen molar-refractivity contribution in [3.8, 4) is 78.3 Å². The van der Waals surface area contributed by atoms with Gasteiger partial charge in [-0.15, -0.1) is 89.5 Å². The van der Waals surface area contributed by atoms with E-state index in [0.717, 1.165) is 94.3 Å². The molecule has 1 saturated carbocycles. The molecule has 7 aromatic carbocycles. The van der Waals surface area contributed by atoms with Gasteiger partial charge < -0.3 is 15.0 Å². The molecule has 0 radical (unpaired) electrons. The minimum Gasteiger partial charge on any atom is -0.304 e. The van der Waals surface area contributed by atoms with Crippen molar-refractivity contribution < 1.29 is 20.1 Å². The summed E-state index contributed by atoms with van der Waals surface area (Å²) >= 11 is 10.9. The molecular formula is C63H43Br3IrN3. The first-order valence-corrected chi connectivity index (χ1v) is 25.6. The first-order valence-electron chi connectivity index (χ1n) is 23.2. The van der Waals surface area contributed by atoms with Gasteiger partial charge in [0.2, 0.25) is 0 Å². The van der Waals surface area contributed by atoms with Crippen molar-refractivity contribution in [2.24, 2.45) is 0 Å². The number of hydrogen-bond donors (Lipinski definition) is 0. The van der Waals surface area contributed by atoms with E-state index in [0.29, 0.717) is 0 Å². The van der Waals surface area contributed by atoms with E-state index >= 15 is 0 Å². The number of benzene rings is 7. The average molecular weight is 1270 g/mol. The molecule has 1 aliphatic rings. The average Bonchev–Trinajstić information content (AvgIpc) is 3.41. The molecule has 7 heteroatoms. The molecular weight excluding hydrogens is 1230 g/mol. The molecule has 1 fully saturated rings. The van der Waals surface area contributed by atoms with Crippen LogP contribution < -0.4 is 0 Å². The molecule has 3 nitrogen and oxygen atoms in total. The van der Waals surface area contributed by atoms with Gasteiger partial charge in [0.1, 0.15) is 0 Å². The fourth-order valence-electron chi connectivity index (χ4n) is 10.3. The maximum Gasteiger partial charge on any atom is 3.00 e. The van der Waals surface area contributed by atoms with Crippen LogP contribution in [0, 0.1) is 18.2 Å². The van der Waals surface area contributed by atoms with Gasteiger partial charge in [0.05, 0.1) is 0 Å². The van der Waals surface area contributed by atoms with Gasteiger partial charge in [-0.1, -0.05) is 195 Å². The van der Waals surface area contributed by atoms with E-state index in [-0.39, 0.29) is 37.9 Å². The molecule has 1 aliphatic carbocycles. The van der Waals surface area contributed by atoms with Crippen LogP contribution in [0.1, 0.15) is 53.7 Å². The standard InChI is InChI=1S/C63H43Br3N3.Ir/c64-50-18-10-15-42(34-50)61-29-27-45(38-67-61)53-21-4-6-23-55(53)47-31-48(56-24-7-5-22-54(56)46-28-30-62(68-39-46)43-16-11-19-51(65)35-43)33-49(32-47)57-25-8-9-26-58(57)60-40-69-63(44-17-12-20-52(66)36-44)37-59(60)41-13-2-1-3-14-41;/h1-14,18-30,34-40,47-49H,31-33H2;/q-3;+3. The smallest absolute Gasteiger partial charge is 0.304 e. The second-order valence-electron chi connectivity index (χ2n) is 17.7. The summed E-state index contributed by atoms with van der Waals surface area (Å²) in [5, 5.41) is 0. The molecule has 0 N–H and O–H groups in total. The van der Waals surface area contributed by atoms with Gasteiger partial charge in [0.25, 0.3) is 0 Å². The zero-order chi connectivity index (χ0) is 46.7. The van der Waals surface area contributed by atoms with E-state index in [1.807, 2.05) is 48.8 Å². The molecule has 2 unspecified atom stereocenters. The number of hydrogen-bond acceptors (Lipinski definition) is 3. The third-order valence-corrected chi connectivity index (χ3v) is 14.9. The molecule has 70 heavy (non-hydrogen) atoms. The van der Waals surface area contributed by atoms with Crippen LogP contribution in [0.15, 0.2) is 220 Å². The van der Waals surface area contributed by atoms with Crippen LogP contribution in [0.2, 0.25) is 0 Å². The second-order valence-corrected chi connectivity index (χ2v) is 20.4. The van der Waals surface area contributed by atoms with E-state index in [2.05, 4.69) is 224 Å². The molecule has 11 rings (SSSR count). The maximum absolute atomic E-state index is 5.14. The van der Waals surface area contributed by atoms with Crippen LogP contribution in [0.25, 0.3) is 78.3 Å². The summed E-state index contributed by atoms with van der Waals surface area (Å²) in [5.41, 5.74) is 18.9. The van der Waals surface area contributed by atoms with E-state index in [1.54, 1.807) is 0 Å². The van der Waals surface area contributed by atoms with Crippen LogP contribution in [-0.2, 0) is 20.1 Å². The Kier molecular flexibility index (Phi) is 14.7. The van der Waals surface area contributed by atoms with Crippen molar-refractivity contribution >= 4 is 47.8 Å². The first kappa shape index (κ1) is 47.7. The fourth-order valence-corrected chi connectivity index (χ4v) is 11.4. The molecule has 3 aromatic heterocycles. The fraction of sp³-hybridized carbons (Fsp3) is 0.0952. The summed E-state index contributed by atoms with van der Waals surface area (Å²) < 4.78 is 3.01. The zero-order valence-electron chi connectivity index (χ0n) is 37.8. The van der Waals surface area contributed by atoms with Crippen molar-refractivity contribution in [3.05, 3.63) is 255 Å². The van der Waals surface area contributed by atoms with Crippen LogP contribution in [0.4, 0.5) is 0 Å². The summed E-state index contributed by atoms with van der Waals surface area (Å²) in [4.78, 5) is 15.1. The molecule has 340 valence electrons. The Morgan fingerprint density at radius 1 is 0.343 bits per heavy atom. The van der Waals surface area contributed by atoms with E-state index in [9.17, 15) is 0 Å². The number of aromatic nitrogens is 3. The molecule has 2 atom stereocenters. The molecule has 0 amide bonds. The molecule has 0 spiro atoms. The Bertz CT molecular complexity index is 3290. The normalized spacial score (nSPS) is 15.5. The molecule has 0 saturated heterocycles. The summed E-state index contributed by atoms with van der Waals surface area (Å²) in [5.74, 6) is 0.726. The van der Waals surface area contributed by atoms with Gasteiger partial charge in [-0.3, -0.25) is 0 Å². The molecule has 3 heterocycles. The van der Waals surface area contributed by atoms with Crippen molar-refractivity contribution in [1.82, 2.24) is 15.0 Å². The van der Waals surface area contributed by atoms with Gasteiger partial charge in [-0.2, -0.15) is 0 Å². The monoisotopic (exact) mass is 1270 g/mol. The van der Waals surface area contributed by atoms with Gasteiger partial charge in [-0.25, -0.2) is 0 Å². The minimum absolute atomic E-state index is 0. The number of halogens is 3. The van der Waals surface area contributed by atoms with Gasteiger partial charge in [0, 0.05) is 24.2 Å². The van der Waals surface area contributed by atoms with E-state index in [4.69, 9.17) is 15.0 Å². The van der Waals surface area contributed by atoms with Crippen molar-refractivity contribution in [2.45, 2.75) is 37.0 Å². The summed E-state index contributed by atoms with van der Waals surface area (Å²) in [6, 6.07) is 76.8. The predicted octanol–water partition coefficient (Wildman–Crippen LogP) is 18.1. The van der Waals surface area contributed by atoms with Gasteiger partial charge >= 0.3 is 20.1 Å². The third kappa shape index (κ3) is 10.3. The number of pyridine rings is 3. The Morgan fingerprint density at radius 2 is 0.743 bits per heavy atom. The Morgan fingerprint density at radius 3 is 1.19 bits per heavy atom. The third-order valence-electron chi connectivity index (χ3n) is 13.5. The van der Waals surface area contributed by atoms with Crippen LogP contribution in [0.3, 0.4) is 0 Å². The zero-order valence-corrected chi connectivity index (χ0v) is 44.9. The molecule has 0 aliphatic heterocycles. The molecule has 0 bridgehead atoms. The summed E-state index contributed by atoms with van der Waals surface area (Å²) in [6.45, 7) is 0. The first-order chi connectivity index (χ1) is 33.9. The SMILES string of the molecule is Brc1cc[c-]c(-c2ccc(-c3ccccc3C3CC(c4ccccc4-c4ccc(-c5[c-]ccc(Br)c5)nc4)CC(c4ccccc4-c4cnc(-c5[c-]ccc(Br)c5)cc4-c4ccccc4)C3)cn2)c1.[Ir+3]. The number of rotatable bonds is 10. The van der Waals surface area contributed by atoms with Gasteiger partial charge in [0.15, 0.2) is 0 Å². The Labute approximate surface area is 449 Å². The minimum atomic E-state index is 0. The van der Waals surface area contributed by atoms with E-state index in [1.165, 1.54) is 33.4 Å². The molecule has 10 aromatic rings. The van der Waals surface area contributed by atoms with Crippen molar-refractivity contribution in [1.29, 1.82) is 0 Å². The van der Waals surface area contributed by atoms with Crippen molar-refractivity contribution in [2.75, 3.05) is 0 Å². The maximum atomic E-state index is 5.14. The second kappa shape index (κ2) is 21.6.